The minimum absolute atomic E-state index is 0.0259. The zero-order chi connectivity index (χ0) is 29.8. The van der Waals surface area contributed by atoms with Crippen molar-refractivity contribution in [1.82, 2.24) is 4.90 Å². The summed E-state index contributed by atoms with van der Waals surface area (Å²) in [7, 11) is 2.17. The molecular weight excluding hydrogens is 532 g/mol. The maximum atomic E-state index is 9.55. The van der Waals surface area contributed by atoms with Crippen LogP contribution in [0, 0.1) is 0 Å². The van der Waals surface area contributed by atoms with E-state index in [1.54, 1.807) is 0 Å². The molecule has 5 nitrogen and oxygen atoms in total. The molecule has 3 N–H and O–H groups in total. The lowest BCUT2D eigenvalue weighted by atomic mass is 9.98. The molecule has 0 bridgehead atoms. The van der Waals surface area contributed by atoms with Crippen LogP contribution in [-0.2, 0) is 22.6 Å². The zero-order valence-corrected chi connectivity index (χ0v) is 24.9. The molecule has 1 aliphatic heterocycles. The first-order valence-corrected chi connectivity index (χ1v) is 15.1. The topological polar surface area (TPSA) is 68.0 Å². The van der Waals surface area contributed by atoms with Crippen molar-refractivity contribution in [2.45, 2.75) is 51.0 Å². The Kier molecular flexibility index (Phi) is 8.98. The lowest BCUT2D eigenvalue weighted by Crippen LogP contribution is -2.38. The predicted molar refractivity (Wildman–Crippen MR) is 173 cm³/mol. The van der Waals surface area contributed by atoms with Crippen LogP contribution in [-0.4, -0.2) is 29.7 Å². The van der Waals surface area contributed by atoms with Crippen molar-refractivity contribution < 1.29 is 14.6 Å². The van der Waals surface area contributed by atoms with Gasteiger partial charge in [0.15, 0.2) is 6.29 Å². The lowest BCUT2D eigenvalue weighted by Gasteiger charge is -2.39. The molecule has 0 amide bonds. The molecule has 1 aliphatic rings. The van der Waals surface area contributed by atoms with Crippen LogP contribution in [0.3, 0.4) is 0 Å². The summed E-state index contributed by atoms with van der Waals surface area (Å²) in [6.45, 7) is 3.57. The minimum atomic E-state index is -0.491. The maximum Gasteiger partial charge on any atom is 0.184 e. The fourth-order valence-corrected chi connectivity index (χ4v) is 5.95. The third-order valence-electron chi connectivity index (χ3n) is 8.70. The number of fused-ring (bicyclic) bond motifs is 1. The van der Waals surface area contributed by atoms with Crippen LogP contribution in [0.1, 0.15) is 59.6 Å². The average molecular weight is 573 g/mol. The predicted octanol–water partition coefficient (Wildman–Crippen LogP) is 7.70. The molecule has 1 heterocycles. The third-order valence-corrected chi connectivity index (χ3v) is 8.70. The van der Waals surface area contributed by atoms with Crippen molar-refractivity contribution >= 4 is 10.8 Å². The highest BCUT2D eigenvalue weighted by atomic mass is 16.7. The van der Waals surface area contributed by atoms with Crippen LogP contribution in [0.25, 0.3) is 21.9 Å². The summed E-state index contributed by atoms with van der Waals surface area (Å²) in [4.78, 5) is 2.37. The van der Waals surface area contributed by atoms with E-state index in [0.29, 0.717) is 6.54 Å². The Bertz CT molecular complexity index is 1650. The molecule has 220 valence electrons. The van der Waals surface area contributed by atoms with Crippen molar-refractivity contribution in [3.63, 3.8) is 0 Å². The molecule has 0 saturated carbocycles. The van der Waals surface area contributed by atoms with Gasteiger partial charge in [-0.3, -0.25) is 4.90 Å². The Labute approximate surface area is 254 Å². The fraction of sp³-hybridized carbons (Fsp3) is 0.263. The Hall–Kier alpha value is -3.84. The summed E-state index contributed by atoms with van der Waals surface area (Å²) in [5, 5.41) is 12.1. The quantitative estimate of drug-likeness (QED) is 0.189. The Morgan fingerprint density at radius 3 is 2.26 bits per heavy atom. The van der Waals surface area contributed by atoms with Crippen LogP contribution in [0.4, 0.5) is 0 Å². The van der Waals surface area contributed by atoms with Gasteiger partial charge in [0.25, 0.3) is 0 Å². The zero-order valence-electron chi connectivity index (χ0n) is 24.9. The number of hydrogen-bond donors (Lipinski definition) is 2. The summed E-state index contributed by atoms with van der Waals surface area (Å²) in [5.74, 6) is 0. The van der Waals surface area contributed by atoms with E-state index in [4.69, 9.17) is 15.2 Å². The third kappa shape index (κ3) is 6.72. The smallest absolute Gasteiger partial charge is 0.184 e. The average Bonchev–Trinajstić information content (AvgIpc) is 3.07. The van der Waals surface area contributed by atoms with Gasteiger partial charge in [0, 0.05) is 31.1 Å². The summed E-state index contributed by atoms with van der Waals surface area (Å²) in [5.41, 5.74) is 13.5. The number of nitrogens with two attached hydrogens (primary N) is 1. The first kappa shape index (κ1) is 29.2. The highest BCUT2D eigenvalue weighted by Crippen LogP contribution is 2.39. The number of benzene rings is 5. The molecule has 4 unspecified atom stereocenters. The summed E-state index contributed by atoms with van der Waals surface area (Å²) in [6.07, 6.45) is 0.0974. The van der Waals surface area contributed by atoms with Crippen molar-refractivity contribution in [2.75, 3.05) is 13.6 Å². The molecule has 1 saturated heterocycles. The number of aliphatic hydroxyl groups is 1. The molecule has 5 heteroatoms. The van der Waals surface area contributed by atoms with Crippen molar-refractivity contribution in [2.24, 2.45) is 5.73 Å². The number of likely N-dealkylation sites (N-methyl/N-ethyl adjacent to an activating group) is 1. The number of nitrogens with zero attached hydrogens (tertiary/aromatic N) is 1. The van der Waals surface area contributed by atoms with Gasteiger partial charge in [0.2, 0.25) is 0 Å². The molecule has 1 fully saturated rings. The van der Waals surface area contributed by atoms with E-state index in [2.05, 4.69) is 110 Å². The van der Waals surface area contributed by atoms with Gasteiger partial charge in [-0.1, -0.05) is 103 Å². The Morgan fingerprint density at radius 2 is 1.51 bits per heavy atom. The van der Waals surface area contributed by atoms with Gasteiger partial charge >= 0.3 is 0 Å². The highest BCUT2D eigenvalue weighted by molar-refractivity contribution is 5.83. The SMILES string of the molecule is CC(c1ccc2ccccc2c1)N(C)CC1CC(c2ccc(CO)cc2)OC(c2ccc(-c3cccc(CN)c3)cc2)O1. The van der Waals surface area contributed by atoms with Crippen LogP contribution in [0.5, 0.6) is 0 Å². The number of rotatable bonds is 9. The van der Waals surface area contributed by atoms with Crippen LogP contribution in [0.2, 0.25) is 0 Å². The minimum Gasteiger partial charge on any atom is -0.392 e. The number of ether oxygens (including phenoxy) is 2. The van der Waals surface area contributed by atoms with Gasteiger partial charge in [-0.25, -0.2) is 0 Å². The summed E-state index contributed by atoms with van der Waals surface area (Å²) >= 11 is 0. The van der Waals surface area contributed by atoms with Gasteiger partial charge in [0.1, 0.15) is 0 Å². The van der Waals surface area contributed by atoms with Gasteiger partial charge in [-0.2, -0.15) is 0 Å². The van der Waals surface area contributed by atoms with Crippen LogP contribution >= 0.6 is 0 Å². The van der Waals surface area contributed by atoms with Gasteiger partial charge in [-0.15, -0.1) is 0 Å². The molecule has 5 aromatic rings. The first-order valence-electron chi connectivity index (χ1n) is 15.1. The fourth-order valence-electron chi connectivity index (χ4n) is 5.95. The monoisotopic (exact) mass is 572 g/mol. The largest absolute Gasteiger partial charge is 0.392 e. The molecule has 0 aliphatic carbocycles. The molecule has 43 heavy (non-hydrogen) atoms. The molecule has 6 rings (SSSR count). The van der Waals surface area contributed by atoms with E-state index in [9.17, 15) is 5.11 Å². The molecular formula is C38H40N2O3. The molecule has 5 aromatic carbocycles. The van der Waals surface area contributed by atoms with Crippen molar-refractivity contribution in [3.8, 4) is 11.1 Å². The van der Waals surface area contributed by atoms with E-state index < -0.39 is 6.29 Å². The van der Waals surface area contributed by atoms with E-state index in [-0.39, 0.29) is 24.9 Å². The van der Waals surface area contributed by atoms with Crippen molar-refractivity contribution in [1.29, 1.82) is 0 Å². The highest BCUT2D eigenvalue weighted by Gasteiger charge is 2.33. The van der Waals surface area contributed by atoms with Crippen LogP contribution in [0.15, 0.2) is 115 Å². The second-order valence-corrected chi connectivity index (χ2v) is 11.6. The molecule has 4 atom stereocenters. The van der Waals surface area contributed by atoms with E-state index in [0.717, 1.165) is 46.3 Å². The maximum absolute atomic E-state index is 9.55. The second-order valence-electron chi connectivity index (χ2n) is 11.6. The molecule has 0 aromatic heterocycles. The standard InChI is InChI=1S/C38H40N2O3/c1-26(33-19-16-29-7-3-4-8-35(29)21-33)40(2)24-36-22-37(31-12-10-27(25-41)11-13-31)43-38(42-36)32-17-14-30(15-18-32)34-9-5-6-28(20-34)23-39/h3-21,26,36-38,41H,22-25,39H2,1-2H3. The molecule has 0 spiro atoms. The normalized spacial score (nSPS) is 19.5. The first-order chi connectivity index (χ1) is 21.0. The second kappa shape index (κ2) is 13.2. The van der Waals surface area contributed by atoms with E-state index in [1.165, 1.54) is 16.3 Å². The lowest BCUT2D eigenvalue weighted by molar-refractivity contribution is -0.253. The summed E-state index contributed by atoms with van der Waals surface area (Å²) < 4.78 is 13.3. The Morgan fingerprint density at radius 1 is 0.767 bits per heavy atom. The van der Waals surface area contributed by atoms with Crippen molar-refractivity contribution in [3.05, 3.63) is 143 Å². The number of hydrogen-bond acceptors (Lipinski definition) is 5. The van der Waals surface area contributed by atoms with Crippen LogP contribution < -0.4 is 5.73 Å². The summed E-state index contributed by atoms with van der Waals surface area (Å²) in [6, 6.07) is 40.3. The van der Waals surface area contributed by atoms with E-state index in [1.807, 2.05) is 24.3 Å². The molecule has 0 radical (unpaired) electrons. The number of aliphatic hydroxyl groups excluding tert-OH is 1. The van der Waals surface area contributed by atoms with Gasteiger partial charge in [0.05, 0.1) is 18.8 Å². The van der Waals surface area contributed by atoms with Gasteiger partial charge < -0.3 is 20.3 Å². The van der Waals surface area contributed by atoms with E-state index >= 15 is 0 Å². The van der Waals surface area contributed by atoms with Gasteiger partial charge in [-0.05, 0) is 70.3 Å². The Balaban J connectivity index is 1.23.